The van der Waals surface area contributed by atoms with Gasteiger partial charge in [-0.05, 0) is 18.2 Å². The van der Waals surface area contributed by atoms with Gasteiger partial charge in [-0.2, -0.15) is 0 Å². The molecule has 0 aliphatic heterocycles. The molecule has 26 heavy (non-hydrogen) atoms. The zero-order valence-corrected chi connectivity index (χ0v) is 16.3. The molecule has 4 aromatic rings. The lowest BCUT2D eigenvalue weighted by Crippen LogP contribution is -2.10. The van der Waals surface area contributed by atoms with E-state index in [9.17, 15) is 4.79 Å². The second-order valence-electron chi connectivity index (χ2n) is 5.40. The van der Waals surface area contributed by atoms with E-state index in [1.165, 1.54) is 23.1 Å². The highest BCUT2D eigenvalue weighted by molar-refractivity contribution is 7.98. The summed E-state index contributed by atoms with van der Waals surface area (Å²) in [6, 6.07) is 11.0. The average molecular weight is 420 g/mol. The number of hydrogen-bond acceptors (Lipinski definition) is 5. The van der Waals surface area contributed by atoms with Crippen LogP contribution in [0.15, 0.2) is 57.8 Å². The van der Waals surface area contributed by atoms with Crippen LogP contribution in [0.1, 0.15) is 5.82 Å². The van der Waals surface area contributed by atoms with Gasteiger partial charge in [-0.1, -0.05) is 53.2 Å². The number of fused-ring (bicyclic) bond motifs is 1. The number of aromatic amines is 1. The van der Waals surface area contributed by atoms with E-state index >= 15 is 0 Å². The fourth-order valence-electron chi connectivity index (χ4n) is 2.55. The number of aromatic nitrogens is 3. The fourth-order valence-corrected chi connectivity index (χ4v) is 4.79. The van der Waals surface area contributed by atoms with E-state index in [4.69, 9.17) is 23.2 Å². The highest BCUT2D eigenvalue weighted by Gasteiger charge is 2.15. The lowest BCUT2D eigenvalue weighted by atomic mass is 10.1. The number of halogens is 2. The first-order valence-corrected chi connectivity index (χ1v) is 10.2. The number of rotatable bonds is 4. The predicted molar refractivity (Wildman–Crippen MR) is 109 cm³/mol. The Labute approximate surface area is 167 Å². The zero-order chi connectivity index (χ0) is 18.1. The molecule has 0 aliphatic rings. The van der Waals surface area contributed by atoms with E-state index in [0.29, 0.717) is 36.9 Å². The van der Waals surface area contributed by atoms with Gasteiger partial charge >= 0.3 is 0 Å². The van der Waals surface area contributed by atoms with Crippen molar-refractivity contribution < 1.29 is 0 Å². The Bertz CT molecular complexity index is 1160. The van der Waals surface area contributed by atoms with Crippen LogP contribution in [-0.4, -0.2) is 15.0 Å². The maximum Gasteiger partial charge on any atom is 0.260 e. The van der Waals surface area contributed by atoms with Gasteiger partial charge < -0.3 is 4.98 Å². The van der Waals surface area contributed by atoms with Crippen LogP contribution in [0.2, 0.25) is 10.0 Å². The molecule has 0 aliphatic carbocycles. The first-order valence-electron chi connectivity index (χ1n) is 7.62. The van der Waals surface area contributed by atoms with Gasteiger partial charge in [-0.3, -0.25) is 4.79 Å². The normalized spacial score (nSPS) is 11.2. The van der Waals surface area contributed by atoms with Crippen LogP contribution in [0.4, 0.5) is 0 Å². The zero-order valence-electron chi connectivity index (χ0n) is 13.2. The van der Waals surface area contributed by atoms with Crippen molar-refractivity contribution in [3.8, 4) is 11.1 Å². The van der Waals surface area contributed by atoms with Gasteiger partial charge in [0.25, 0.3) is 5.56 Å². The standard InChI is InChI=1S/C18H11Cl2N3OS2/c19-12-5-2-1-4-10(12)11-8-25-18-15(11)16(24)22-14(23-18)9-26-17-13(20)6-3-7-21-17/h1-8H,9H2,(H,22,23,24). The molecule has 8 heteroatoms. The van der Waals surface area contributed by atoms with Gasteiger partial charge in [0, 0.05) is 27.7 Å². The monoisotopic (exact) mass is 419 g/mol. The van der Waals surface area contributed by atoms with E-state index in [1.807, 2.05) is 29.6 Å². The molecule has 130 valence electrons. The fraction of sp³-hybridized carbons (Fsp3) is 0.0556. The average Bonchev–Trinajstić information content (AvgIpc) is 3.06. The third kappa shape index (κ3) is 3.38. The van der Waals surface area contributed by atoms with Crippen LogP contribution < -0.4 is 5.56 Å². The van der Waals surface area contributed by atoms with Crippen molar-refractivity contribution in [2.75, 3.05) is 0 Å². The number of thioether (sulfide) groups is 1. The van der Waals surface area contributed by atoms with E-state index in [0.717, 1.165) is 11.1 Å². The molecule has 0 radical (unpaired) electrons. The quantitative estimate of drug-likeness (QED) is 0.434. The minimum atomic E-state index is -0.172. The number of thiophene rings is 1. The molecule has 0 saturated carbocycles. The van der Waals surface area contributed by atoms with Crippen molar-refractivity contribution in [3.05, 3.63) is 74.2 Å². The Balaban J connectivity index is 1.69. The van der Waals surface area contributed by atoms with Crippen LogP contribution in [0.3, 0.4) is 0 Å². The van der Waals surface area contributed by atoms with Crippen molar-refractivity contribution in [1.29, 1.82) is 0 Å². The van der Waals surface area contributed by atoms with E-state index < -0.39 is 0 Å². The summed E-state index contributed by atoms with van der Waals surface area (Å²) < 4.78 is 0. The number of H-pyrrole nitrogens is 1. The molecule has 0 atom stereocenters. The van der Waals surface area contributed by atoms with Crippen molar-refractivity contribution in [2.45, 2.75) is 10.8 Å². The van der Waals surface area contributed by atoms with Crippen LogP contribution in [0.5, 0.6) is 0 Å². The summed E-state index contributed by atoms with van der Waals surface area (Å²) in [6.45, 7) is 0. The van der Waals surface area contributed by atoms with Gasteiger partial charge in [-0.15, -0.1) is 11.3 Å². The van der Waals surface area contributed by atoms with Gasteiger partial charge in [0.2, 0.25) is 0 Å². The SMILES string of the molecule is O=c1[nH]c(CSc2ncccc2Cl)nc2scc(-c3ccccc3Cl)c12. The summed E-state index contributed by atoms with van der Waals surface area (Å²) >= 11 is 15.3. The largest absolute Gasteiger partial charge is 0.309 e. The Morgan fingerprint density at radius 3 is 2.69 bits per heavy atom. The first-order chi connectivity index (χ1) is 12.6. The summed E-state index contributed by atoms with van der Waals surface area (Å²) in [5, 5.41) is 4.38. The van der Waals surface area contributed by atoms with Gasteiger partial charge in [0.05, 0.1) is 16.2 Å². The molecule has 0 amide bonds. The minimum Gasteiger partial charge on any atom is -0.309 e. The summed E-state index contributed by atoms with van der Waals surface area (Å²) in [4.78, 5) is 25.0. The van der Waals surface area contributed by atoms with Crippen LogP contribution in [-0.2, 0) is 5.75 Å². The van der Waals surface area contributed by atoms with Crippen molar-refractivity contribution in [3.63, 3.8) is 0 Å². The molecule has 0 fully saturated rings. The van der Waals surface area contributed by atoms with Gasteiger partial charge in [-0.25, -0.2) is 9.97 Å². The molecular weight excluding hydrogens is 409 g/mol. The predicted octanol–water partition coefficient (Wildman–Crippen LogP) is 5.65. The van der Waals surface area contributed by atoms with Crippen molar-refractivity contribution in [2.24, 2.45) is 0 Å². The molecule has 0 unspecified atom stereocenters. The van der Waals surface area contributed by atoms with Gasteiger partial charge in [0.1, 0.15) is 15.7 Å². The molecule has 4 rings (SSSR count). The highest BCUT2D eigenvalue weighted by atomic mass is 35.5. The minimum absolute atomic E-state index is 0.172. The second-order valence-corrected chi connectivity index (χ2v) is 8.04. The molecule has 3 heterocycles. The molecule has 1 N–H and O–H groups in total. The van der Waals surface area contributed by atoms with E-state index in [-0.39, 0.29) is 5.56 Å². The van der Waals surface area contributed by atoms with Crippen molar-refractivity contribution in [1.82, 2.24) is 15.0 Å². The van der Waals surface area contributed by atoms with Gasteiger partial charge in [0.15, 0.2) is 0 Å². The second kappa shape index (κ2) is 7.40. The molecule has 0 spiro atoms. The number of nitrogens with one attached hydrogen (secondary N) is 1. The van der Waals surface area contributed by atoms with Crippen LogP contribution >= 0.6 is 46.3 Å². The summed E-state index contributed by atoms with van der Waals surface area (Å²) in [6.07, 6.45) is 1.68. The number of benzene rings is 1. The smallest absolute Gasteiger partial charge is 0.260 e. The van der Waals surface area contributed by atoms with E-state index in [1.54, 1.807) is 18.3 Å². The lowest BCUT2D eigenvalue weighted by molar-refractivity contribution is 1.04. The third-order valence-electron chi connectivity index (χ3n) is 3.73. The van der Waals surface area contributed by atoms with Crippen LogP contribution in [0.25, 0.3) is 21.3 Å². The Morgan fingerprint density at radius 1 is 1.08 bits per heavy atom. The highest BCUT2D eigenvalue weighted by Crippen LogP contribution is 2.35. The van der Waals surface area contributed by atoms with Crippen molar-refractivity contribution >= 4 is 56.5 Å². The molecule has 1 aromatic carbocycles. The summed E-state index contributed by atoms with van der Waals surface area (Å²) in [7, 11) is 0. The Kier molecular flexibility index (Phi) is 5.00. The molecule has 0 saturated heterocycles. The number of nitrogens with zero attached hydrogens (tertiary/aromatic N) is 2. The Hall–Kier alpha value is -1.86. The molecule has 4 nitrogen and oxygen atoms in total. The Morgan fingerprint density at radius 2 is 1.88 bits per heavy atom. The topological polar surface area (TPSA) is 58.6 Å². The first kappa shape index (κ1) is 17.5. The number of hydrogen-bond donors (Lipinski definition) is 1. The lowest BCUT2D eigenvalue weighted by Gasteiger charge is -2.04. The maximum absolute atomic E-state index is 12.7. The van der Waals surface area contributed by atoms with Crippen LogP contribution in [0, 0.1) is 0 Å². The summed E-state index contributed by atoms with van der Waals surface area (Å²) in [5.41, 5.74) is 1.46. The number of pyridine rings is 1. The third-order valence-corrected chi connectivity index (χ3v) is 6.36. The molecular formula is C18H11Cl2N3OS2. The van der Waals surface area contributed by atoms with E-state index in [2.05, 4.69) is 15.0 Å². The molecule has 3 aromatic heterocycles. The maximum atomic E-state index is 12.7. The molecule has 0 bridgehead atoms. The summed E-state index contributed by atoms with van der Waals surface area (Å²) in [5.74, 6) is 1.06.